The molecule has 0 fully saturated rings. The van der Waals surface area contributed by atoms with E-state index in [1.54, 1.807) is 48.5 Å². The van der Waals surface area contributed by atoms with Gasteiger partial charge in [0.1, 0.15) is 28.7 Å². The minimum atomic E-state index is -3.66. The van der Waals surface area contributed by atoms with Crippen molar-refractivity contribution >= 4 is 36.7 Å². The maximum atomic E-state index is 11.9. The van der Waals surface area contributed by atoms with Gasteiger partial charge in [-0.2, -0.15) is 0 Å². The summed E-state index contributed by atoms with van der Waals surface area (Å²) in [6.45, 7) is -6.72. The van der Waals surface area contributed by atoms with E-state index in [2.05, 4.69) is 0 Å². The zero-order chi connectivity index (χ0) is 28.1. The lowest BCUT2D eigenvalue weighted by Crippen LogP contribution is -2.07. The standard InChI is InChI=1S/C18H15O3PS.C12H10ClO3P/c23-22(19-16-10-4-1-5-11-16,20-17-12-6-2-7-13-17)21-18-14-8-3-9-15-18;13-17(14,15-11-7-3-1-4-8-11)16-12-9-5-2-6-10-12/h1-15H;1-10H. The summed E-state index contributed by atoms with van der Waals surface area (Å²) in [4.78, 5) is 0. The van der Waals surface area contributed by atoms with Gasteiger partial charge in [0.05, 0.1) is 0 Å². The number of benzene rings is 5. The van der Waals surface area contributed by atoms with Crippen LogP contribution in [0.5, 0.6) is 28.7 Å². The molecule has 5 rings (SSSR count). The van der Waals surface area contributed by atoms with Gasteiger partial charge in [-0.3, -0.25) is 0 Å². The fraction of sp³-hybridized carbons (Fsp3) is 0. The minimum Gasteiger partial charge on any atom is -0.407 e. The van der Waals surface area contributed by atoms with Crippen LogP contribution in [0.3, 0.4) is 0 Å². The Kier molecular flexibility index (Phi) is 10.7. The molecule has 0 spiro atoms. The summed E-state index contributed by atoms with van der Waals surface area (Å²) >= 11 is 11.3. The van der Waals surface area contributed by atoms with Crippen molar-refractivity contribution in [1.82, 2.24) is 0 Å². The van der Waals surface area contributed by atoms with E-state index in [9.17, 15) is 4.57 Å². The Hall–Kier alpha value is -3.73. The highest BCUT2D eigenvalue weighted by atomic mass is 35.7. The highest BCUT2D eigenvalue weighted by molar-refractivity contribution is 8.08. The Morgan fingerprint density at radius 2 is 0.600 bits per heavy atom. The van der Waals surface area contributed by atoms with Crippen LogP contribution in [0.25, 0.3) is 0 Å². The van der Waals surface area contributed by atoms with Gasteiger partial charge in [-0.1, -0.05) is 91.0 Å². The average molecular weight is 611 g/mol. The van der Waals surface area contributed by atoms with E-state index in [0.717, 1.165) is 0 Å². The average Bonchev–Trinajstić information content (AvgIpc) is 2.95. The van der Waals surface area contributed by atoms with Crippen LogP contribution in [-0.2, 0) is 16.4 Å². The van der Waals surface area contributed by atoms with Gasteiger partial charge in [-0.25, -0.2) is 4.57 Å². The van der Waals surface area contributed by atoms with E-state index < -0.39 is 13.7 Å². The van der Waals surface area contributed by atoms with Crippen LogP contribution in [0.2, 0.25) is 0 Å². The topological polar surface area (TPSA) is 63.2 Å². The van der Waals surface area contributed by atoms with Gasteiger partial charge >= 0.3 is 13.7 Å². The van der Waals surface area contributed by atoms with E-state index in [-0.39, 0.29) is 0 Å². The van der Waals surface area contributed by atoms with Crippen LogP contribution in [0.15, 0.2) is 152 Å². The summed E-state index contributed by atoms with van der Waals surface area (Å²) in [5, 5.41) is 0. The lowest BCUT2D eigenvalue weighted by molar-refractivity contribution is 0.384. The lowest BCUT2D eigenvalue weighted by atomic mass is 10.3. The summed E-state index contributed by atoms with van der Waals surface area (Å²) in [6.07, 6.45) is 0. The van der Waals surface area contributed by atoms with Crippen molar-refractivity contribution in [3.63, 3.8) is 0 Å². The van der Waals surface area contributed by atoms with Gasteiger partial charge in [0.25, 0.3) is 0 Å². The molecule has 0 unspecified atom stereocenters. The zero-order valence-electron chi connectivity index (χ0n) is 21.1. The maximum Gasteiger partial charge on any atom is 0.530 e. The summed E-state index contributed by atoms with van der Waals surface area (Å²) in [5.74, 6) is 2.65. The molecule has 0 aliphatic carbocycles. The summed E-state index contributed by atoms with van der Waals surface area (Å²) in [6, 6.07) is 45.2. The molecular formula is C30H25ClO6P2S. The number of para-hydroxylation sites is 5. The maximum absolute atomic E-state index is 11.9. The molecule has 0 saturated carbocycles. The third-order valence-corrected chi connectivity index (χ3v) is 8.04. The Balaban J connectivity index is 0.000000194. The van der Waals surface area contributed by atoms with Gasteiger partial charge in [0, 0.05) is 23.0 Å². The van der Waals surface area contributed by atoms with Crippen molar-refractivity contribution < 1.29 is 27.2 Å². The van der Waals surface area contributed by atoms with Gasteiger partial charge in [-0.05, 0) is 60.7 Å². The van der Waals surface area contributed by atoms with Gasteiger partial charge in [-0.15, -0.1) is 0 Å². The SMILES string of the molecule is O=P(Cl)(Oc1ccccc1)Oc1ccccc1.S=P(Oc1ccccc1)(Oc1ccccc1)Oc1ccccc1. The third kappa shape index (κ3) is 10.1. The first-order valence-corrected chi connectivity index (χ1v) is 17.0. The second kappa shape index (κ2) is 14.6. The molecule has 0 amide bonds. The molecular weight excluding hydrogens is 586 g/mol. The fourth-order valence-electron chi connectivity index (χ4n) is 3.12. The molecule has 10 heteroatoms. The van der Waals surface area contributed by atoms with Crippen molar-refractivity contribution in [1.29, 1.82) is 0 Å². The quantitative estimate of drug-likeness (QED) is 0.146. The Labute approximate surface area is 243 Å². The molecule has 204 valence electrons. The van der Waals surface area contributed by atoms with Crippen molar-refractivity contribution in [2.45, 2.75) is 0 Å². The van der Waals surface area contributed by atoms with Crippen LogP contribution >= 0.6 is 24.9 Å². The van der Waals surface area contributed by atoms with Gasteiger partial charge < -0.3 is 22.6 Å². The van der Waals surface area contributed by atoms with E-state index in [1.165, 1.54) is 0 Å². The predicted octanol–water partition coefficient (Wildman–Crippen LogP) is 9.94. The normalized spacial score (nSPS) is 10.8. The third-order valence-electron chi connectivity index (χ3n) is 4.80. The van der Waals surface area contributed by atoms with Crippen molar-refractivity contribution in [3.05, 3.63) is 152 Å². The van der Waals surface area contributed by atoms with Crippen molar-refractivity contribution in [2.24, 2.45) is 0 Å². The van der Waals surface area contributed by atoms with Crippen LogP contribution in [0, 0.1) is 0 Å². The highest BCUT2D eigenvalue weighted by Crippen LogP contribution is 2.53. The largest absolute Gasteiger partial charge is 0.530 e. The molecule has 5 aromatic carbocycles. The minimum absolute atomic E-state index is 0.404. The van der Waals surface area contributed by atoms with E-state index >= 15 is 0 Å². The summed E-state index contributed by atoms with van der Waals surface area (Å²) in [5.41, 5.74) is 0. The van der Waals surface area contributed by atoms with E-state index in [0.29, 0.717) is 28.7 Å². The first-order chi connectivity index (χ1) is 19.4. The van der Waals surface area contributed by atoms with E-state index in [4.69, 9.17) is 45.7 Å². The Morgan fingerprint density at radius 3 is 0.825 bits per heavy atom. The van der Waals surface area contributed by atoms with Gasteiger partial charge in [0.2, 0.25) is 0 Å². The lowest BCUT2D eigenvalue weighted by Gasteiger charge is -2.23. The monoisotopic (exact) mass is 610 g/mol. The number of halogens is 1. The first kappa shape index (κ1) is 29.3. The number of hydrogen-bond donors (Lipinski definition) is 0. The summed E-state index contributed by atoms with van der Waals surface area (Å²) < 4.78 is 39.8. The second-order valence-corrected chi connectivity index (χ2v) is 13.2. The summed E-state index contributed by atoms with van der Waals surface area (Å²) in [7, 11) is 0. The molecule has 6 nitrogen and oxygen atoms in total. The molecule has 0 heterocycles. The van der Waals surface area contributed by atoms with Crippen molar-refractivity contribution in [3.8, 4) is 28.7 Å². The molecule has 0 saturated heterocycles. The van der Waals surface area contributed by atoms with Crippen LogP contribution in [0.1, 0.15) is 0 Å². The zero-order valence-corrected chi connectivity index (χ0v) is 24.4. The molecule has 0 atom stereocenters. The predicted molar refractivity (Wildman–Crippen MR) is 163 cm³/mol. The molecule has 0 radical (unpaired) electrons. The highest BCUT2D eigenvalue weighted by Gasteiger charge is 2.27. The smallest absolute Gasteiger partial charge is 0.407 e. The molecule has 40 heavy (non-hydrogen) atoms. The second-order valence-electron chi connectivity index (χ2n) is 7.90. The molecule has 0 aliphatic rings. The Morgan fingerprint density at radius 1 is 0.400 bits per heavy atom. The molecule has 0 aliphatic heterocycles. The van der Waals surface area contributed by atoms with Crippen LogP contribution in [-0.4, -0.2) is 0 Å². The molecule has 5 aromatic rings. The molecule has 0 N–H and O–H groups in total. The van der Waals surface area contributed by atoms with Crippen LogP contribution < -0.4 is 22.6 Å². The first-order valence-electron chi connectivity index (χ1n) is 12.0. The molecule has 0 aromatic heterocycles. The molecule has 0 bridgehead atoms. The number of hydrogen-bond acceptors (Lipinski definition) is 7. The fourth-order valence-corrected chi connectivity index (χ4v) is 6.41. The number of rotatable bonds is 10. The van der Waals surface area contributed by atoms with Crippen LogP contribution in [0.4, 0.5) is 0 Å². The van der Waals surface area contributed by atoms with E-state index in [1.807, 2.05) is 103 Å². The Bertz CT molecular complexity index is 1380. The van der Waals surface area contributed by atoms with Gasteiger partial charge in [0.15, 0.2) is 0 Å². The van der Waals surface area contributed by atoms with Crippen molar-refractivity contribution in [2.75, 3.05) is 0 Å².